The molecule has 0 radical (unpaired) electrons. The van der Waals surface area contributed by atoms with Gasteiger partial charge in [0.1, 0.15) is 19.3 Å². The summed E-state index contributed by atoms with van der Waals surface area (Å²) in [7, 11) is -9.93. The molecule has 0 amide bonds. The largest absolute Gasteiger partial charge is 0.472 e. The summed E-state index contributed by atoms with van der Waals surface area (Å²) in [6.45, 7) is 12.0. The molecular weight excluding hydrogens is 1380 g/mol. The number of aliphatic hydroxyl groups excluding tert-OH is 1. The van der Waals surface area contributed by atoms with Crippen LogP contribution in [0.4, 0.5) is 0 Å². The first kappa shape index (κ1) is 104. The van der Waals surface area contributed by atoms with Gasteiger partial charge in [-0.1, -0.05) is 408 Å². The van der Waals surface area contributed by atoms with E-state index in [4.69, 9.17) is 37.0 Å². The highest BCUT2D eigenvalue weighted by atomic mass is 31.2. The lowest BCUT2D eigenvalue weighted by molar-refractivity contribution is -0.161. The number of aliphatic hydroxyl groups is 1. The van der Waals surface area contributed by atoms with Crippen molar-refractivity contribution in [3.05, 3.63) is 0 Å². The van der Waals surface area contributed by atoms with Gasteiger partial charge >= 0.3 is 39.5 Å². The molecule has 0 bridgehead atoms. The Morgan fingerprint density at radius 1 is 0.255 bits per heavy atom. The molecule has 0 aromatic rings. The van der Waals surface area contributed by atoms with Crippen molar-refractivity contribution in [2.45, 2.75) is 478 Å². The van der Waals surface area contributed by atoms with E-state index >= 15 is 0 Å². The molecule has 0 saturated heterocycles. The van der Waals surface area contributed by atoms with Gasteiger partial charge in [-0.05, 0) is 43.4 Å². The maximum Gasteiger partial charge on any atom is 0.472 e. The molecule has 0 aromatic heterocycles. The van der Waals surface area contributed by atoms with Gasteiger partial charge in [0.25, 0.3) is 0 Å². The second-order valence-corrected chi connectivity index (χ2v) is 35.6. The van der Waals surface area contributed by atoms with E-state index in [0.717, 1.165) is 114 Å². The van der Waals surface area contributed by atoms with E-state index in [-0.39, 0.29) is 25.7 Å². The lowest BCUT2D eigenvalue weighted by Crippen LogP contribution is -2.30. The second-order valence-electron chi connectivity index (χ2n) is 32.7. The third kappa shape index (κ3) is 80.1. The van der Waals surface area contributed by atoms with Crippen LogP contribution in [0.25, 0.3) is 0 Å². The first-order chi connectivity index (χ1) is 51.2. The van der Waals surface area contributed by atoms with Crippen molar-refractivity contribution in [1.29, 1.82) is 0 Å². The van der Waals surface area contributed by atoms with Gasteiger partial charge in [-0.25, -0.2) is 9.13 Å². The van der Waals surface area contributed by atoms with Crippen molar-refractivity contribution in [2.24, 2.45) is 17.8 Å². The third-order valence-electron chi connectivity index (χ3n) is 20.4. The van der Waals surface area contributed by atoms with Gasteiger partial charge in [0.2, 0.25) is 0 Å². The van der Waals surface area contributed by atoms with Gasteiger partial charge in [0.05, 0.1) is 26.4 Å². The highest BCUT2D eigenvalue weighted by Crippen LogP contribution is 2.45. The van der Waals surface area contributed by atoms with Crippen LogP contribution >= 0.6 is 15.6 Å². The summed E-state index contributed by atoms with van der Waals surface area (Å²) in [5.41, 5.74) is 0. The second kappa shape index (κ2) is 77.0. The molecule has 0 rings (SSSR count). The number of hydrogen-bond acceptors (Lipinski definition) is 15. The maximum atomic E-state index is 13.1. The summed E-state index contributed by atoms with van der Waals surface area (Å²) in [6, 6.07) is 0. The van der Waals surface area contributed by atoms with Gasteiger partial charge < -0.3 is 33.8 Å². The smallest absolute Gasteiger partial charge is 0.462 e. The summed E-state index contributed by atoms with van der Waals surface area (Å²) in [6.07, 6.45) is 68.2. The van der Waals surface area contributed by atoms with Crippen LogP contribution in [0.5, 0.6) is 0 Å². The average Bonchev–Trinajstić information content (AvgIpc) is 0.910. The zero-order valence-electron chi connectivity index (χ0n) is 69.9. The van der Waals surface area contributed by atoms with Crippen LogP contribution in [0.15, 0.2) is 0 Å². The normalized spacial score (nSPS) is 13.9. The molecular formula is C87H170O17P2. The van der Waals surface area contributed by atoms with Crippen LogP contribution in [0.2, 0.25) is 0 Å². The van der Waals surface area contributed by atoms with Gasteiger partial charge in [0, 0.05) is 25.7 Å². The van der Waals surface area contributed by atoms with Gasteiger partial charge in [-0.2, -0.15) is 0 Å². The van der Waals surface area contributed by atoms with E-state index < -0.39 is 97.5 Å². The molecule has 5 atom stereocenters. The molecule has 0 spiro atoms. The minimum absolute atomic E-state index is 0.108. The van der Waals surface area contributed by atoms with Crippen molar-refractivity contribution < 1.29 is 80.2 Å². The van der Waals surface area contributed by atoms with Crippen LogP contribution in [0.1, 0.15) is 459 Å². The van der Waals surface area contributed by atoms with Crippen LogP contribution in [0.3, 0.4) is 0 Å². The molecule has 2 unspecified atom stereocenters. The number of phosphoric ester groups is 2. The number of esters is 4. The number of hydrogen-bond donors (Lipinski definition) is 3. The van der Waals surface area contributed by atoms with E-state index in [1.165, 1.54) is 263 Å². The predicted octanol–water partition coefficient (Wildman–Crippen LogP) is 26.5. The zero-order chi connectivity index (χ0) is 77.9. The molecule has 0 fully saturated rings. The van der Waals surface area contributed by atoms with Crippen LogP contribution < -0.4 is 0 Å². The maximum absolute atomic E-state index is 13.1. The molecule has 0 aliphatic carbocycles. The zero-order valence-corrected chi connectivity index (χ0v) is 71.7. The Morgan fingerprint density at radius 3 is 0.642 bits per heavy atom. The summed E-state index contributed by atoms with van der Waals surface area (Å²) < 4.78 is 68.8. The van der Waals surface area contributed by atoms with Crippen molar-refractivity contribution >= 4 is 39.5 Å². The number of unbranched alkanes of at least 4 members (excludes halogenated alkanes) is 53. The lowest BCUT2D eigenvalue weighted by atomic mass is 10.0. The molecule has 3 N–H and O–H groups in total. The molecule has 19 heteroatoms. The lowest BCUT2D eigenvalue weighted by Gasteiger charge is -2.21. The molecule has 17 nitrogen and oxygen atoms in total. The van der Waals surface area contributed by atoms with Gasteiger partial charge in [-0.3, -0.25) is 37.3 Å². The summed E-state index contributed by atoms with van der Waals surface area (Å²) in [5, 5.41) is 10.7. The average molecular weight is 1550 g/mol. The Kier molecular flexibility index (Phi) is 75.6. The van der Waals surface area contributed by atoms with Crippen molar-refractivity contribution in [3.63, 3.8) is 0 Å². The SMILES string of the molecule is CCCCCCCCCCC(=O)OC[C@H](COP(=O)(O)OC[C@H](O)COP(=O)(O)OC[C@@H](COC(=O)CCCCCCCCCCCCCCCCCCC(C)C)OC(=O)CCCCCCCCCCCCCCCCCCCCC(C)C)OC(=O)CCCCCCCCCCCCCCCCCC(C)C. The first-order valence-corrected chi connectivity index (χ1v) is 47.8. The molecule has 630 valence electrons. The molecule has 0 saturated carbocycles. The Morgan fingerprint density at radius 2 is 0.434 bits per heavy atom. The molecule has 0 aromatic carbocycles. The minimum Gasteiger partial charge on any atom is -0.462 e. The van der Waals surface area contributed by atoms with Gasteiger partial charge in [-0.15, -0.1) is 0 Å². The summed E-state index contributed by atoms with van der Waals surface area (Å²) in [4.78, 5) is 73.2. The number of carbonyl (C=O) groups is 4. The molecule has 106 heavy (non-hydrogen) atoms. The van der Waals surface area contributed by atoms with E-state index in [1.54, 1.807) is 0 Å². The third-order valence-corrected chi connectivity index (χ3v) is 22.3. The van der Waals surface area contributed by atoms with Crippen molar-refractivity contribution in [3.8, 4) is 0 Å². The quantitative estimate of drug-likeness (QED) is 0.0222. The monoisotopic (exact) mass is 1550 g/mol. The molecule has 0 heterocycles. The van der Waals surface area contributed by atoms with Gasteiger partial charge in [0.15, 0.2) is 12.2 Å². The number of phosphoric acid groups is 2. The highest BCUT2D eigenvalue weighted by molar-refractivity contribution is 7.47. The summed E-state index contributed by atoms with van der Waals surface area (Å²) in [5.74, 6) is 0.330. The fraction of sp³-hybridized carbons (Fsp3) is 0.954. The highest BCUT2D eigenvalue weighted by Gasteiger charge is 2.30. The van der Waals surface area contributed by atoms with Crippen molar-refractivity contribution in [1.82, 2.24) is 0 Å². The Bertz CT molecular complexity index is 2040. The first-order valence-electron chi connectivity index (χ1n) is 44.8. The Hall–Kier alpha value is -1.94. The van der Waals surface area contributed by atoms with E-state index in [9.17, 15) is 43.2 Å². The standard InChI is InChI=1S/C87H170O17P2/c1-8-9-10-11-12-47-54-61-68-84(89)97-74-82(103-86(91)70-64-57-50-43-37-31-25-19-22-28-34-40-46-53-60-67-80(6)7)76-101-105(93,94)99-72-81(88)73-100-106(95,96)102-77-83(75-98-85(90)69-62-55-48-41-35-29-23-18-17-21-27-33-39-45-52-59-66-79(4)5)104-87(92)71-63-56-49-42-36-30-24-16-14-13-15-20-26-32-38-44-51-58-65-78(2)3/h78-83,88H,8-77H2,1-7H3,(H,93,94)(H,95,96)/t81-,82+,83+/m0/s1. The molecule has 0 aliphatic rings. The van der Waals surface area contributed by atoms with Crippen LogP contribution in [-0.4, -0.2) is 96.7 Å². The predicted molar refractivity (Wildman–Crippen MR) is 437 cm³/mol. The van der Waals surface area contributed by atoms with Crippen LogP contribution in [-0.2, 0) is 65.4 Å². The Labute approximate surface area is 651 Å². The molecule has 0 aliphatic heterocycles. The van der Waals surface area contributed by atoms with E-state index in [1.807, 2.05) is 0 Å². The van der Waals surface area contributed by atoms with E-state index in [0.29, 0.717) is 25.7 Å². The fourth-order valence-corrected chi connectivity index (χ4v) is 15.1. The Balaban J connectivity index is 5.18. The number of ether oxygens (including phenoxy) is 4. The topological polar surface area (TPSA) is 237 Å². The number of carbonyl (C=O) groups excluding carboxylic acids is 4. The van der Waals surface area contributed by atoms with E-state index in [2.05, 4.69) is 48.5 Å². The van der Waals surface area contributed by atoms with Crippen LogP contribution in [0, 0.1) is 17.8 Å². The van der Waals surface area contributed by atoms with Crippen molar-refractivity contribution in [2.75, 3.05) is 39.6 Å². The summed E-state index contributed by atoms with van der Waals surface area (Å²) >= 11 is 0. The minimum atomic E-state index is -4.97. The number of rotatable bonds is 85. The fourth-order valence-electron chi connectivity index (χ4n) is 13.5.